The van der Waals surface area contributed by atoms with Crippen LogP contribution in [0.2, 0.25) is 10.0 Å². The van der Waals surface area contributed by atoms with Crippen LogP contribution in [0.5, 0.6) is 5.75 Å². The Kier molecular flexibility index (Phi) is 6.12. The summed E-state index contributed by atoms with van der Waals surface area (Å²) in [5, 5.41) is 3.93. The molecule has 2 aromatic carbocycles. The minimum Gasteiger partial charge on any atom is -0.482 e. The van der Waals surface area contributed by atoms with Gasteiger partial charge >= 0.3 is 0 Å². The van der Waals surface area contributed by atoms with Gasteiger partial charge in [-0.25, -0.2) is 0 Å². The fourth-order valence-corrected chi connectivity index (χ4v) is 2.80. The highest BCUT2D eigenvalue weighted by molar-refractivity contribution is 9.10. The quantitative estimate of drug-likeness (QED) is 0.762. The third kappa shape index (κ3) is 4.90. The maximum Gasteiger partial charge on any atom is 0.258 e. The molecule has 0 spiro atoms. The molecule has 3 nitrogen and oxygen atoms in total. The lowest BCUT2D eigenvalue weighted by molar-refractivity contribution is -0.123. The van der Waals surface area contributed by atoms with Gasteiger partial charge in [0, 0.05) is 9.50 Å². The molecular weight excluding hydrogens is 389 g/mol. The molecule has 0 aliphatic heterocycles. The molecule has 0 fully saturated rings. The van der Waals surface area contributed by atoms with E-state index >= 15 is 0 Å². The highest BCUT2D eigenvalue weighted by Crippen LogP contribution is 2.27. The topological polar surface area (TPSA) is 38.3 Å². The lowest BCUT2D eigenvalue weighted by atomic mass is 10.1. The molecule has 2 aromatic rings. The highest BCUT2D eigenvalue weighted by atomic mass is 79.9. The Morgan fingerprint density at radius 2 is 2.05 bits per heavy atom. The molecule has 0 bridgehead atoms. The molecule has 1 atom stereocenters. The van der Waals surface area contributed by atoms with Gasteiger partial charge in [-0.2, -0.15) is 0 Å². The molecule has 0 radical (unpaired) electrons. The number of nitrogens with one attached hydrogen (secondary N) is 1. The smallest absolute Gasteiger partial charge is 0.258 e. The lowest BCUT2D eigenvalue weighted by Crippen LogP contribution is -2.31. The lowest BCUT2D eigenvalue weighted by Gasteiger charge is -2.15. The summed E-state index contributed by atoms with van der Waals surface area (Å²) >= 11 is 15.3. The summed E-state index contributed by atoms with van der Waals surface area (Å²) in [5.74, 6) is 0.238. The third-order valence-corrected chi connectivity index (χ3v) is 4.00. The number of halogens is 3. The summed E-state index contributed by atoms with van der Waals surface area (Å²) in [5.41, 5.74) is 0.933. The average Bonchev–Trinajstić information content (AvgIpc) is 2.46. The Balaban J connectivity index is 1.90. The number of carbonyl (C=O) groups excluding carboxylic acids is 1. The van der Waals surface area contributed by atoms with Crippen molar-refractivity contribution in [3.8, 4) is 5.75 Å². The van der Waals surface area contributed by atoms with Gasteiger partial charge in [0.05, 0.1) is 11.1 Å². The van der Waals surface area contributed by atoms with Gasteiger partial charge in [0.2, 0.25) is 0 Å². The monoisotopic (exact) mass is 401 g/mol. The van der Waals surface area contributed by atoms with Gasteiger partial charge in [-0.15, -0.1) is 0 Å². The Morgan fingerprint density at radius 3 is 2.73 bits per heavy atom. The number of carbonyl (C=O) groups is 1. The summed E-state index contributed by atoms with van der Waals surface area (Å²) in [6.07, 6.45) is 0. The van der Waals surface area contributed by atoms with Crippen LogP contribution in [0.4, 0.5) is 0 Å². The molecule has 0 aliphatic rings. The van der Waals surface area contributed by atoms with Crippen LogP contribution in [0.15, 0.2) is 46.9 Å². The standard InChI is InChI=1S/C16H14BrCl2NO2/c1-10(11-3-2-4-13(18)7-11)20-16(21)9-22-15-6-5-12(17)8-14(15)19/h2-8,10H,9H2,1H3,(H,20,21)/t10-/m0/s1. The first kappa shape index (κ1) is 17.1. The first-order valence-corrected chi connectivity index (χ1v) is 8.13. The Bertz CT molecular complexity index is 679. The van der Waals surface area contributed by atoms with E-state index in [2.05, 4.69) is 21.2 Å². The molecule has 0 saturated carbocycles. The minimum absolute atomic E-state index is 0.105. The van der Waals surface area contributed by atoms with Crippen LogP contribution in [0.25, 0.3) is 0 Å². The van der Waals surface area contributed by atoms with Crippen LogP contribution in [0.1, 0.15) is 18.5 Å². The molecule has 1 amide bonds. The fourth-order valence-electron chi connectivity index (χ4n) is 1.88. The van der Waals surface area contributed by atoms with Gasteiger partial charge in [-0.3, -0.25) is 4.79 Å². The van der Waals surface area contributed by atoms with Gasteiger partial charge in [0.15, 0.2) is 6.61 Å². The predicted molar refractivity (Wildman–Crippen MR) is 92.7 cm³/mol. The number of amides is 1. The van der Waals surface area contributed by atoms with E-state index in [1.165, 1.54) is 0 Å². The molecule has 2 rings (SSSR count). The molecular formula is C16H14BrCl2NO2. The number of ether oxygens (including phenoxy) is 1. The third-order valence-electron chi connectivity index (χ3n) is 2.98. The zero-order chi connectivity index (χ0) is 16.1. The van der Waals surface area contributed by atoms with Crippen LogP contribution < -0.4 is 10.1 Å². The van der Waals surface area contributed by atoms with E-state index < -0.39 is 0 Å². The van der Waals surface area contributed by atoms with Crippen LogP contribution in [-0.4, -0.2) is 12.5 Å². The van der Waals surface area contributed by atoms with Crippen LogP contribution in [0.3, 0.4) is 0 Å². The van der Waals surface area contributed by atoms with E-state index in [0.717, 1.165) is 10.0 Å². The van der Waals surface area contributed by atoms with Crippen molar-refractivity contribution < 1.29 is 9.53 Å². The van der Waals surface area contributed by atoms with Crippen molar-refractivity contribution in [1.29, 1.82) is 0 Å². The summed E-state index contributed by atoms with van der Waals surface area (Å²) in [6, 6.07) is 12.4. The molecule has 116 valence electrons. The number of rotatable bonds is 5. The average molecular weight is 403 g/mol. The fraction of sp³-hybridized carbons (Fsp3) is 0.188. The van der Waals surface area contributed by atoms with E-state index in [1.54, 1.807) is 24.3 Å². The summed E-state index contributed by atoms with van der Waals surface area (Å²) in [7, 11) is 0. The van der Waals surface area contributed by atoms with Crippen molar-refractivity contribution in [2.45, 2.75) is 13.0 Å². The van der Waals surface area contributed by atoms with Crippen LogP contribution in [-0.2, 0) is 4.79 Å². The first-order valence-electron chi connectivity index (χ1n) is 6.58. The van der Waals surface area contributed by atoms with Gasteiger partial charge in [0.1, 0.15) is 5.75 Å². The van der Waals surface area contributed by atoms with Gasteiger partial charge < -0.3 is 10.1 Å². The molecule has 0 aromatic heterocycles. The zero-order valence-electron chi connectivity index (χ0n) is 11.8. The van der Waals surface area contributed by atoms with Crippen molar-refractivity contribution >= 4 is 45.0 Å². The normalized spacial score (nSPS) is 11.8. The van der Waals surface area contributed by atoms with E-state index in [0.29, 0.717) is 15.8 Å². The van der Waals surface area contributed by atoms with Gasteiger partial charge in [0.25, 0.3) is 5.91 Å². The van der Waals surface area contributed by atoms with E-state index in [9.17, 15) is 4.79 Å². The molecule has 1 N–H and O–H groups in total. The number of hydrogen-bond acceptors (Lipinski definition) is 2. The second kappa shape index (κ2) is 7.86. The number of benzene rings is 2. The van der Waals surface area contributed by atoms with Crippen molar-refractivity contribution in [2.24, 2.45) is 0 Å². The summed E-state index contributed by atoms with van der Waals surface area (Å²) in [6.45, 7) is 1.78. The van der Waals surface area contributed by atoms with E-state index in [4.69, 9.17) is 27.9 Å². The largest absolute Gasteiger partial charge is 0.482 e. The zero-order valence-corrected chi connectivity index (χ0v) is 14.9. The van der Waals surface area contributed by atoms with Crippen LogP contribution in [0, 0.1) is 0 Å². The van der Waals surface area contributed by atoms with Crippen molar-refractivity contribution in [3.63, 3.8) is 0 Å². The van der Waals surface area contributed by atoms with Crippen molar-refractivity contribution in [2.75, 3.05) is 6.61 Å². The minimum atomic E-state index is -0.230. The Labute approximate surface area is 147 Å². The van der Waals surface area contributed by atoms with E-state index in [-0.39, 0.29) is 18.6 Å². The van der Waals surface area contributed by atoms with E-state index in [1.807, 2.05) is 25.1 Å². The first-order chi connectivity index (χ1) is 10.5. The predicted octanol–water partition coefficient (Wildman–Crippen LogP) is 5.01. The van der Waals surface area contributed by atoms with Crippen molar-refractivity contribution in [3.05, 3.63) is 62.5 Å². The second-order valence-electron chi connectivity index (χ2n) is 4.71. The summed E-state index contributed by atoms with van der Waals surface area (Å²) < 4.78 is 6.27. The maximum absolute atomic E-state index is 11.9. The van der Waals surface area contributed by atoms with Gasteiger partial charge in [-0.05, 0) is 42.8 Å². The highest BCUT2D eigenvalue weighted by Gasteiger charge is 2.11. The maximum atomic E-state index is 11.9. The Hall–Kier alpha value is -1.23. The molecule has 0 unspecified atom stereocenters. The molecule has 0 heterocycles. The number of hydrogen-bond donors (Lipinski definition) is 1. The van der Waals surface area contributed by atoms with Crippen molar-refractivity contribution in [1.82, 2.24) is 5.32 Å². The SMILES string of the molecule is C[C@H](NC(=O)COc1ccc(Br)cc1Cl)c1cccc(Cl)c1. The molecule has 0 aliphatic carbocycles. The van der Waals surface area contributed by atoms with Gasteiger partial charge in [-0.1, -0.05) is 51.3 Å². The Morgan fingerprint density at radius 1 is 1.27 bits per heavy atom. The second-order valence-corrected chi connectivity index (χ2v) is 6.47. The van der Waals surface area contributed by atoms with Crippen LogP contribution >= 0.6 is 39.1 Å². The molecule has 0 saturated heterocycles. The molecule has 6 heteroatoms. The molecule has 22 heavy (non-hydrogen) atoms. The summed E-state index contributed by atoms with van der Waals surface area (Å²) in [4.78, 5) is 11.9.